The van der Waals surface area contributed by atoms with Crippen LogP contribution in [0, 0.1) is 0 Å². The van der Waals surface area contributed by atoms with E-state index in [1.165, 1.54) is 7.11 Å². The van der Waals surface area contributed by atoms with Gasteiger partial charge >= 0.3 is 5.97 Å². The van der Waals surface area contributed by atoms with Crippen molar-refractivity contribution in [3.8, 4) is 0 Å². The SMILES string of the molecule is C=CCCCN(C)C(=NC)NCCCCC(=O)OC.I. The Balaban J connectivity index is 0. The number of carbonyl (C=O) groups is 1. The molecule has 0 fully saturated rings. The summed E-state index contributed by atoms with van der Waals surface area (Å²) in [6.07, 6.45) is 6.25. The molecule has 0 atom stereocenters. The number of ether oxygens (including phenoxy) is 1. The zero-order chi connectivity index (χ0) is 14.5. The third kappa shape index (κ3) is 11.1. The van der Waals surface area contributed by atoms with E-state index >= 15 is 0 Å². The van der Waals surface area contributed by atoms with Crippen molar-refractivity contribution < 1.29 is 9.53 Å². The molecule has 0 aromatic heterocycles. The lowest BCUT2D eigenvalue weighted by Gasteiger charge is -2.21. The number of esters is 1. The summed E-state index contributed by atoms with van der Waals surface area (Å²) in [7, 11) is 5.22. The molecule has 0 radical (unpaired) electrons. The van der Waals surface area contributed by atoms with Crippen LogP contribution in [0.4, 0.5) is 0 Å². The Morgan fingerprint density at radius 3 is 2.65 bits per heavy atom. The van der Waals surface area contributed by atoms with Crippen LogP contribution in [0.2, 0.25) is 0 Å². The van der Waals surface area contributed by atoms with Crippen LogP contribution in [0.3, 0.4) is 0 Å². The average molecular weight is 397 g/mol. The Labute approximate surface area is 139 Å². The Bertz CT molecular complexity index is 296. The number of unbranched alkanes of at least 4 members (excludes halogenated alkanes) is 2. The molecule has 0 aromatic rings. The van der Waals surface area contributed by atoms with Gasteiger partial charge in [-0.25, -0.2) is 0 Å². The quantitative estimate of drug-likeness (QED) is 0.162. The lowest BCUT2D eigenvalue weighted by atomic mass is 10.2. The van der Waals surface area contributed by atoms with Crippen molar-refractivity contribution in [3.63, 3.8) is 0 Å². The zero-order valence-electron chi connectivity index (χ0n) is 12.9. The molecule has 118 valence electrons. The van der Waals surface area contributed by atoms with Gasteiger partial charge in [-0.2, -0.15) is 0 Å². The summed E-state index contributed by atoms with van der Waals surface area (Å²) in [5.74, 6) is 0.744. The molecular weight excluding hydrogens is 369 g/mol. The highest BCUT2D eigenvalue weighted by Gasteiger charge is 2.04. The Morgan fingerprint density at radius 1 is 1.40 bits per heavy atom. The number of guanidine groups is 1. The fourth-order valence-corrected chi connectivity index (χ4v) is 1.66. The van der Waals surface area contributed by atoms with Crippen molar-refractivity contribution in [3.05, 3.63) is 12.7 Å². The molecule has 0 rings (SSSR count). The number of carbonyl (C=O) groups excluding carboxylic acids is 1. The standard InChI is InChI=1S/C14H27N3O2.HI/c1-5-6-9-12-17(3)14(15-2)16-11-8-7-10-13(18)19-4;/h5H,1,6-12H2,2-4H3,(H,15,16);1H. The number of allylic oxidation sites excluding steroid dienone is 1. The second-order valence-electron chi connectivity index (χ2n) is 4.36. The van der Waals surface area contributed by atoms with Crippen LogP contribution in [0.25, 0.3) is 0 Å². The molecular formula is C14H28IN3O2. The first-order valence-electron chi connectivity index (χ1n) is 6.75. The molecule has 0 bridgehead atoms. The largest absolute Gasteiger partial charge is 0.469 e. The van der Waals surface area contributed by atoms with Gasteiger partial charge in [-0.3, -0.25) is 9.79 Å². The highest BCUT2D eigenvalue weighted by molar-refractivity contribution is 14.0. The predicted octanol–water partition coefficient (Wildman–Crippen LogP) is 2.42. The third-order valence-corrected chi connectivity index (χ3v) is 2.79. The smallest absolute Gasteiger partial charge is 0.305 e. The van der Waals surface area contributed by atoms with Crippen molar-refractivity contribution in [1.29, 1.82) is 0 Å². The number of aliphatic imine (C=N–C) groups is 1. The molecule has 20 heavy (non-hydrogen) atoms. The minimum absolute atomic E-state index is 0. The van der Waals surface area contributed by atoms with E-state index in [9.17, 15) is 4.79 Å². The van der Waals surface area contributed by atoms with E-state index in [1.54, 1.807) is 7.05 Å². The zero-order valence-corrected chi connectivity index (χ0v) is 15.2. The number of rotatable bonds is 9. The Hall–Kier alpha value is -0.790. The van der Waals surface area contributed by atoms with Gasteiger partial charge in [0.05, 0.1) is 7.11 Å². The lowest BCUT2D eigenvalue weighted by molar-refractivity contribution is -0.140. The Morgan fingerprint density at radius 2 is 2.10 bits per heavy atom. The van der Waals surface area contributed by atoms with Gasteiger partial charge in [0.15, 0.2) is 5.96 Å². The summed E-state index contributed by atoms with van der Waals surface area (Å²) >= 11 is 0. The summed E-state index contributed by atoms with van der Waals surface area (Å²) in [6, 6.07) is 0. The van der Waals surface area contributed by atoms with Gasteiger partial charge in [0.2, 0.25) is 0 Å². The monoisotopic (exact) mass is 397 g/mol. The second-order valence-corrected chi connectivity index (χ2v) is 4.36. The summed E-state index contributed by atoms with van der Waals surface area (Å²) in [5.41, 5.74) is 0. The van der Waals surface area contributed by atoms with Crippen LogP contribution < -0.4 is 5.32 Å². The molecule has 0 aliphatic carbocycles. The van der Waals surface area contributed by atoms with Crippen LogP contribution in [-0.4, -0.2) is 51.1 Å². The Kier molecular flexibility index (Phi) is 15.7. The van der Waals surface area contributed by atoms with Crippen molar-refractivity contribution in [2.75, 3.05) is 34.3 Å². The van der Waals surface area contributed by atoms with Crippen molar-refractivity contribution in [1.82, 2.24) is 10.2 Å². The molecule has 0 spiro atoms. The van der Waals surface area contributed by atoms with Gasteiger partial charge < -0.3 is 15.0 Å². The number of halogens is 1. The molecule has 0 saturated carbocycles. The summed E-state index contributed by atoms with van der Waals surface area (Å²) in [4.78, 5) is 17.3. The maximum Gasteiger partial charge on any atom is 0.305 e. The third-order valence-electron chi connectivity index (χ3n) is 2.79. The van der Waals surface area contributed by atoms with Crippen LogP contribution in [0.5, 0.6) is 0 Å². The summed E-state index contributed by atoms with van der Waals surface area (Å²) < 4.78 is 4.59. The molecule has 6 heteroatoms. The first-order chi connectivity index (χ1) is 9.15. The van der Waals surface area contributed by atoms with Gasteiger partial charge in [-0.05, 0) is 25.7 Å². The summed E-state index contributed by atoms with van der Waals surface area (Å²) in [5, 5.41) is 3.29. The van der Waals surface area contributed by atoms with Gasteiger partial charge in [0.1, 0.15) is 0 Å². The van der Waals surface area contributed by atoms with Crippen molar-refractivity contribution in [2.45, 2.75) is 32.1 Å². The van der Waals surface area contributed by atoms with Crippen molar-refractivity contribution >= 4 is 35.9 Å². The predicted molar refractivity (Wildman–Crippen MR) is 94.7 cm³/mol. The van der Waals surface area contributed by atoms with Gasteiger partial charge in [0, 0.05) is 33.6 Å². The fraction of sp³-hybridized carbons (Fsp3) is 0.714. The first-order valence-corrected chi connectivity index (χ1v) is 6.75. The van der Waals surface area contributed by atoms with Crippen LogP contribution in [0.15, 0.2) is 17.6 Å². The number of methoxy groups -OCH3 is 1. The molecule has 1 N–H and O–H groups in total. The molecule has 0 unspecified atom stereocenters. The topological polar surface area (TPSA) is 53.9 Å². The number of hydrogen-bond donors (Lipinski definition) is 1. The highest BCUT2D eigenvalue weighted by Crippen LogP contribution is 1.97. The van der Waals surface area contributed by atoms with E-state index in [2.05, 4.69) is 26.5 Å². The average Bonchev–Trinajstić information content (AvgIpc) is 2.42. The molecule has 0 aliphatic rings. The minimum atomic E-state index is -0.147. The molecule has 0 saturated heterocycles. The second kappa shape index (κ2) is 14.6. The van der Waals surface area contributed by atoms with Crippen LogP contribution >= 0.6 is 24.0 Å². The summed E-state index contributed by atoms with van der Waals surface area (Å²) in [6.45, 7) is 5.48. The van der Waals surface area contributed by atoms with Gasteiger partial charge in [-0.1, -0.05) is 6.08 Å². The van der Waals surface area contributed by atoms with E-state index in [0.717, 1.165) is 44.7 Å². The van der Waals surface area contributed by atoms with E-state index in [-0.39, 0.29) is 29.9 Å². The van der Waals surface area contributed by atoms with Crippen LogP contribution in [0.1, 0.15) is 32.1 Å². The molecule has 0 aromatic carbocycles. The lowest BCUT2D eigenvalue weighted by Crippen LogP contribution is -2.39. The molecule has 5 nitrogen and oxygen atoms in total. The fourth-order valence-electron chi connectivity index (χ4n) is 1.66. The van der Waals surface area contributed by atoms with E-state index < -0.39 is 0 Å². The van der Waals surface area contributed by atoms with Crippen LogP contribution in [-0.2, 0) is 9.53 Å². The van der Waals surface area contributed by atoms with E-state index in [4.69, 9.17) is 0 Å². The highest BCUT2D eigenvalue weighted by atomic mass is 127. The first kappa shape index (κ1) is 21.5. The van der Waals surface area contributed by atoms with Crippen molar-refractivity contribution in [2.24, 2.45) is 4.99 Å². The number of nitrogens with one attached hydrogen (secondary N) is 1. The molecule has 0 heterocycles. The minimum Gasteiger partial charge on any atom is -0.469 e. The van der Waals surface area contributed by atoms with E-state index in [0.29, 0.717) is 6.42 Å². The van der Waals surface area contributed by atoms with Gasteiger partial charge in [-0.15, -0.1) is 30.6 Å². The molecule has 0 aliphatic heterocycles. The van der Waals surface area contributed by atoms with E-state index in [1.807, 2.05) is 13.1 Å². The number of hydrogen-bond acceptors (Lipinski definition) is 3. The normalized spacial score (nSPS) is 10.4. The number of nitrogens with zero attached hydrogens (tertiary/aromatic N) is 2. The molecule has 0 amide bonds. The van der Waals surface area contributed by atoms with Gasteiger partial charge in [0.25, 0.3) is 0 Å². The maximum absolute atomic E-state index is 10.9. The maximum atomic E-state index is 10.9.